The third-order valence-corrected chi connectivity index (χ3v) is 5.43. The van der Waals surface area contributed by atoms with Crippen molar-refractivity contribution < 1.29 is 18.3 Å². The number of hydrogen-bond donors (Lipinski definition) is 2. The first kappa shape index (κ1) is 17.5. The predicted molar refractivity (Wildman–Crippen MR) is 92.9 cm³/mol. The monoisotopic (exact) mass is 373 g/mol. The first-order valence-corrected chi connectivity index (χ1v) is 9.27. The molecule has 3 aromatic rings. The van der Waals surface area contributed by atoms with Crippen LogP contribution in [0.1, 0.15) is 17.3 Å². The molecule has 0 radical (unpaired) electrons. The zero-order valence-corrected chi connectivity index (χ0v) is 14.5. The second-order valence-electron chi connectivity index (χ2n) is 5.31. The van der Waals surface area contributed by atoms with E-state index in [1.54, 1.807) is 24.3 Å². The summed E-state index contributed by atoms with van der Waals surface area (Å²) in [4.78, 5) is 12.7. The Labute approximate surface area is 149 Å². The van der Waals surface area contributed by atoms with Crippen LogP contribution in [0.15, 0.2) is 53.7 Å². The standard InChI is InChI=1S/C16H15N5O4S/c1-2-26(24,25)11-7-8-15(22)13(9-11)18-16(23)12-5-3-4-6-14(12)21-10-17-19-20-21/h3-10,22H,2H2,1H3,(H,18,23). The summed E-state index contributed by atoms with van der Waals surface area (Å²) in [6.45, 7) is 1.52. The molecule has 9 nitrogen and oxygen atoms in total. The topological polar surface area (TPSA) is 127 Å². The van der Waals surface area contributed by atoms with Gasteiger partial charge in [-0.05, 0) is 40.8 Å². The normalized spacial score (nSPS) is 11.3. The largest absolute Gasteiger partial charge is 0.506 e. The Hall–Kier alpha value is -3.27. The molecule has 2 N–H and O–H groups in total. The van der Waals surface area contributed by atoms with Crippen molar-refractivity contribution in [1.82, 2.24) is 20.2 Å². The average molecular weight is 373 g/mol. The van der Waals surface area contributed by atoms with E-state index in [-0.39, 0.29) is 27.6 Å². The Kier molecular flexibility index (Phi) is 4.67. The molecule has 3 rings (SSSR count). The lowest BCUT2D eigenvalue weighted by Crippen LogP contribution is -2.16. The van der Waals surface area contributed by atoms with Crippen molar-refractivity contribution in [1.29, 1.82) is 0 Å². The number of anilines is 1. The van der Waals surface area contributed by atoms with Crippen LogP contribution in [0, 0.1) is 0 Å². The minimum Gasteiger partial charge on any atom is -0.506 e. The first-order valence-electron chi connectivity index (χ1n) is 7.62. The van der Waals surface area contributed by atoms with Crippen molar-refractivity contribution in [3.63, 3.8) is 0 Å². The molecule has 0 aliphatic rings. The van der Waals surface area contributed by atoms with Crippen LogP contribution in [-0.4, -0.2) is 45.4 Å². The number of phenolic OH excluding ortho intramolecular Hbond substituents is 1. The van der Waals surface area contributed by atoms with E-state index in [0.29, 0.717) is 5.69 Å². The molecule has 134 valence electrons. The number of para-hydroxylation sites is 1. The number of aromatic nitrogens is 4. The molecule has 0 aliphatic heterocycles. The quantitative estimate of drug-likeness (QED) is 0.647. The molecule has 0 saturated heterocycles. The molecule has 0 bridgehead atoms. The number of sulfone groups is 1. The number of carbonyl (C=O) groups excluding carboxylic acids is 1. The number of nitrogens with zero attached hydrogens (tertiary/aromatic N) is 4. The van der Waals surface area contributed by atoms with Gasteiger partial charge < -0.3 is 10.4 Å². The second-order valence-corrected chi connectivity index (χ2v) is 7.59. The molecule has 1 amide bonds. The van der Waals surface area contributed by atoms with E-state index in [1.807, 2.05) is 0 Å². The van der Waals surface area contributed by atoms with Crippen molar-refractivity contribution in [2.24, 2.45) is 0 Å². The lowest BCUT2D eigenvalue weighted by molar-refractivity contribution is 0.102. The number of rotatable bonds is 5. The fourth-order valence-corrected chi connectivity index (χ4v) is 3.21. The summed E-state index contributed by atoms with van der Waals surface area (Å²) in [7, 11) is -3.47. The van der Waals surface area contributed by atoms with E-state index in [2.05, 4.69) is 20.8 Å². The number of phenols is 1. The number of nitrogens with one attached hydrogen (secondary N) is 1. The van der Waals surface area contributed by atoms with E-state index < -0.39 is 15.7 Å². The van der Waals surface area contributed by atoms with Gasteiger partial charge in [0.2, 0.25) is 0 Å². The maximum absolute atomic E-state index is 12.7. The van der Waals surface area contributed by atoms with E-state index >= 15 is 0 Å². The SMILES string of the molecule is CCS(=O)(=O)c1ccc(O)c(NC(=O)c2ccccc2-n2cnnn2)c1. The average Bonchev–Trinajstić information content (AvgIpc) is 3.18. The summed E-state index contributed by atoms with van der Waals surface area (Å²) >= 11 is 0. The van der Waals surface area contributed by atoms with E-state index in [1.165, 1.54) is 36.1 Å². The van der Waals surface area contributed by atoms with Crippen molar-refractivity contribution in [3.8, 4) is 11.4 Å². The number of amides is 1. The third kappa shape index (κ3) is 3.40. The van der Waals surface area contributed by atoms with Gasteiger partial charge in [0.1, 0.15) is 12.1 Å². The third-order valence-electron chi connectivity index (χ3n) is 3.70. The van der Waals surface area contributed by atoms with Crippen molar-refractivity contribution >= 4 is 21.4 Å². The van der Waals surface area contributed by atoms with Crippen LogP contribution in [0.3, 0.4) is 0 Å². The van der Waals surface area contributed by atoms with Crippen LogP contribution in [0.5, 0.6) is 5.75 Å². The molecule has 10 heteroatoms. The van der Waals surface area contributed by atoms with E-state index in [0.717, 1.165) is 0 Å². The summed E-state index contributed by atoms with van der Waals surface area (Å²) in [6, 6.07) is 10.4. The smallest absolute Gasteiger partial charge is 0.257 e. The Morgan fingerprint density at radius 2 is 2.00 bits per heavy atom. The number of aromatic hydroxyl groups is 1. The number of carbonyl (C=O) groups is 1. The minimum absolute atomic E-state index is 0.00366. The first-order chi connectivity index (χ1) is 12.4. The molecule has 0 fully saturated rings. The number of hydrogen-bond acceptors (Lipinski definition) is 7. The molecule has 0 atom stereocenters. The summed E-state index contributed by atoms with van der Waals surface area (Å²) in [5.41, 5.74) is 0.686. The summed E-state index contributed by atoms with van der Waals surface area (Å²) in [5.74, 6) is -0.876. The highest BCUT2D eigenvalue weighted by molar-refractivity contribution is 7.91. The number of benzene rings is 2. The Morgan fingerprint density at radius 3 is 2.69 bits per heavy atom. The molecule has 1 aromatic heterocycles. The van der Waals surface area contributed by atoms with Gasteiger partial charge in [0.05, 0.1) is 27.6 Å². The van der Waals surface area contributed by atoms with Gasteiger partial charge in [0, 0.05) is 0 Å². The fourth-order valence-electron chi connectivity index (χ4n) is 2.30. The summed E-state index contributed by atoms with van der Waals surface area (Å²) in [6.07, 6.45) is 1.35. The molecular formula is C16H15N5O4S. The Bertz CT molecular complexity index is 1050. The maximum atomic E-state index is 12.7. The van der Waals surface area contributed by atoms with Crippen LogP contribution in [0.2, 0.25) is 0 Å². The van der Waals surface area contributed by atoms with Gasteiger partial charge in [0.25, 0.3) is 5.91 Å². The Morgan fingerprint density at radius 1 is 1.23 bits per heavy atom. The van der Waals surface area contributed by atoms with Gasteiger partial charge >= 0.3 is 0 Å². The molecule has 26 heavy (non-hydrogen) atoms. The molecule has 2 aromatic carbocycles. The van der Waals surface area contributed by atoms with Crippen LogP contribution in [0.25, 0.3) is 5.69 Å². The van der Waals surface area contributed by atoms with Gasteiger partial charge in [-0.25, -0.2) is 8.42 Å². The lowest BCUT2D eigenvalue weighted by atomic mass is 10.1. The molecule has 0 aliphatic carbocycles. The van der Waals surface area contributed by atoms with Crippen LogP contribution in [0.4, 0.5) is 5.69 Å². The lowest BCUT2D eigenvalue weighted by Gasteiger charge is -2.12. The Balaban J connectivity index is 1.96. The van der Waals surface area contributed by atoms with Crippen molar-refractivity contribution in [2.75, 3.05) is 11.1 Å². The van der Waals surface area contributed by atoms with Crippen LogP contribution < -0.4 is 5.32 Å². The van der Waals surface area contributed by atoms with E-state index in [4.69, 9.17) is 0 Å². The zero-order chi connectivity index (χ0) is 18.7. The van der Waals surface area contributed by atoms with Gasteiger partial charge in [-0.1, -0.05) is 19.1 Å². The molecular weight excluding hydrogens is 358 g/mol. The molecule has 0 saturated carbocycles. The maximum Gasteiger partial charge on any atom is 0.257 e. The molecule has 0 unspecified atom stereocenters. The fraction of sp³-hybridized carbons (Fsp3) is 0.125. The van der Waals surface area contributed by atoms with Crippen LogP contribution >= 0.6 is 0 Å². The highest BCUT2D eigenvalue weighted by Gasteiger charge is 2.18. The number of tetrazole rings is 1. The molecule has 0 spiro atoms. The van der Waals surface area contributed by atoms with Gasteiger partial charge in [0.15, 0.2) is 9.84 Å². The van der Waals surface area contributed by atoms with Crippen LogP contribution in [-0.2, 0) is 9.84 Å². The molecule has 1 heterocycles. The highest BCUT2D eigenvalue weighted by atomic mass is 32.2. The van der Waals surface area contributed by atoms with Crippen molar-refractivity contribution in [2.45, 2.75) is 11.8 Å². The zero-order valence-electron chi connectivity index (χ0n) is 13.7. The highest BCUT2D eigenvalue weighted by Crippen LogP contribution is 2.28. The van der Waals surface area contributed by atoms with Crippen molar-refractivity contribution in [3.05, 3.63) is 54.4 Å². The second kappa shape index (κ2) is 6.92. The van der Waals surface area contributed by atoms with E-state index in [9.17, 15) is 18.3 Å². The van der Waals surface area contributed by atoms with Gasteiger partial charge in [-0.15, -0.1) is 5.10 Å². The predicted octanol–water partition coefficient (Wildman–Crippen LogP) is 1.41. The summed E-state index contributed by atoms with van der Waals surface area (Å²) < 4.78 is 25.3. The van der Waals surface area contributed by atoms with Gasteiger partial charge in [-0.2, -0.15) is 4.68 Å². The van der Waals surface area contributed by atoms with Gasteiger partial charge in [-0.3, -0.25) is 4.79 Å². The minimum atomic E-state index is -3.47. The summed E-state index contributed by atoms with van der Waals surface area (Å²) in [5, 5.41) is 23.3.